The third-order valence-corrected chi connectivity index (χ3v) is 7.82. The molecule has 13 heteroatoms. The van der Waals surface area contributed by atoms with Crippen LogP contribution in [-0.2, 0) is 35.2 Å². The van der Waals surface area contributed by atoms with Crippen LogP contribution in [0.25, 0.3) is 0 Å². The van der Waals surface area contributed by atoms with E-state index in [1.165, 1.54) is 6.92 Å². The van der Waals surface area contributed by atoms with E-state index in [1.807, 2.05) is 44.2 Å². The van der Waals surface area contributed by atoms with E-state index in [1.54, 1.807) is 20.9 Å². The highest BCUT2D eigenvalue weighted by molar-refractivity contribution is 5.96. The Balaban J connectivity index is 3.07. The van der Waals surface area contributed by atoms with Gasteiger partial charge in [0, 0.05) is 6.42 Å². The van der Waals surface area contributed by atoms with Crippen LogP contribution in [0, 0.1) is 11.8 Å². The lowest BCUT2D eigenvalue weighted by atomic mass is 9.95. The van der Waals surface area contributed by atoms with Gasteiger partial charge < -0.3 is 37.4 Å². The Bertz CT molecular complexity index is 1120. The topological polar surface area (TPSA) is 209 Å². The predicted molar refractivity (Wildman–Crippen MR) is 166 cm³/mol. The second-order valence-electron chi connectivity index (χ2n) is 11.2. The maximum atomic E-state index is 13.4. The zero-order valence-corrected chi connectivity index (χ0v) is 26.6. The summed E-state index contributed by atoms with van der Waals surface area (Å²) in [6.07, 6.45) is 1.12. The molecule has 0 bridgehead atoms. The van der Waals surface area contributed by atoms with Crippen molar-refractivity contribution in [3.63, 3.8) is 0 Å². The van der Waals surface area contributed by atoms with Crippen LogP contribution < -0.4 is 32.3 Å². The molecular weight excluding hydrogens is 568 g/mol. The Morgan fingerprint density at radius 2 is 1.25 bits per heavy atom. The van der Waals surface area contributed by atoms with E-state index in [4.69, 9.17) is 5.73 Å². The molecule has 13 nitrogen and oxygen atoms in total. The summed E-state index contributed by atoms with van der Waals surface area (Å²) in [5.74, 6) is -4.17. The van der Waals surface area contributed by atoms with Gasteiger partial charge in [-0.1, -0.05) is 70.9 Å². The molecule has 44 heavy (non-hydrogen) atoms. The number of likely N-dealkylation sites (N-methyl/N-ethyl adjacent to an activating group) is 1. The summed E-state index contributed by atoms with van der Waals surface area (Å²) in [6.45, 7) is 7.83. The molecule has 8 N–H and O–H groups in total. The number of aliphatic hydroxyl groups excluding tert-OH is 1. The average molecular weight is 619 g/mol. The number of hydrogen-bond acceptors (Lipinski definition) is 8. The molecular formula is C31H50N6O7. The van der Waals surface area contributed by atoms with Crippen molar-refractivity contribution in [1.29, 1.82) is 0 Å². The summed E-state index contributed by atoms with van der Waals surface area (Å²) in [7, 11) is 1.64. The monoisotopic (exact) mass is 618 g/mol. The van der Waals surface area contributed by atoms with Crippen molar-refractivity contribution in [2.24, 2.45) is 17.6 Å². The van der Waals surface area contributed by atoms with Crippen LogP contribution in [0.15, 0.2) is 30.3 Å². The Kier molecular flexibility index (Phi) is 16.9. The summed E-state index contributed by atoms with van der Waals surface area (Å²) in [6, 6.07) is 4.17. The molecule has 0 aromatic heterocycles. The van der Waals surface area contributed by atoms with Crippen molar-refractivity contribution in [3.8, 4) is 0 Å². The Morgan fingerprint density at radius 1 is 0.750 bits per heavy atom. The molecule has 1 aromatic carbocycles. The fourth-order valence-electron chi connectivity index (χ4n) is 4.55. The number of nitrogens with two attached hydrogens (primary N) is 1. The molecule has 0 aliphatic rings. The minimum Gasteiger partial charge on any atom is -0.394 e. The molecule has 0 heterocycles. The first-order chi connectivity index (χ1) is 20.8. The van der Waals surface area contributed by atoms with Crippen molar-refractivity contribution in [1.82, 2.24) is 26.6 Å². The van der Waals surface area contributed by atoms with E-state index >= 15 is 0 Å². The quantitative estimate of drug-likeness (QED) is 0.103. The lowest BCUT2D eigenvalue weighted by Gasteiger charge is -2.29. The smallest absolute Gasteiger partial charge is 0.245 e. The van der Waals surface area contributed by atoms with Gasteiger partial charge in [-0.2, -0.15) is 0 Å². The minimum atomic E-state index is -1.47. The zero-order valence-electron chi connectivity index (χ0n) is 26.6. The first-order valence-corrected chi connectivity index (χ1v) is 15.1. The van der Waals surface area contributed by atoms with Crippen molar-refractivity contribution in [2.75, 3.05) is 13.7 Å². The van der Waals surface area contributed by atoms with Gasteiger partial charge in [0.2, 0.25) is 29.5 Å². The van der Waals surface area contributed by atoms with E-state index in [0.29, 0.717) is 19.3 Å². The van der Waals surface area contributed by atoms with Gasteiger partial charge in [0.05, 0.1) is 18.7 Å². The number of aliphatic hydroxyl groups is 1. The third kappa shape index (κ3) is 12.4. The van der Waals surface area contributed by atoms with Crippen LogP contribution in [-0.4, -0.2) is 84.3 Å². The van der Waals surface area contributed by atoms with Crippen molar-refractivity contribution in [3.05, 3.63) is 35.9 Å². The number of primary amides is 1. The standard InChI is InChI=1S/C31H50N6O7/c1-7-18(3)26(20(5)39)36-28(41)22(14-15-25(32)40)34-30(43)24(17-38)35-31(44)27(19(4)8-2)37-29(42)23(33-6)16-21-12-10-9-11-13-21/h9-13,18-19,22-24,26-27,33,38H,7-8,14-17H2,1-6H3,(H2,32,40)(H,34,43)(H,35,44)(H,36,41)(H,37,42)/t18-,19-,22+,23+,24-,26+,27-/m0/s1. The number of carbonyl (C=O) groups is 6. The van der Waals surface area contributed by atoms with Crippen LogP contribution >= 0.6 is 0 Å². The van der Waals surface area contributed by atoms with Crippen LogP contribution in [0.4, 0.5) is 0 Å². The van der Waals surface area contributed by atoms with E-state index in [-0.39, 0.29) is 30.5 Å². The molecule has 0 fully saturated rings. The van der Waals surface area contributed by atoms with Crippen molar-refractivity contribution in [2.45, 2.75) is 96.9 Å². The molecule has 0 saturated carbocycles. The Hall–Kier alpha value is -3.84. The van der Waals surface area contributed by atoms with Crippen molar-refractivity contribution < 1.29 is 33.9 Å². The summed E-state index contributed by atoms with van der Waals surface area (Å²) >= 11 is 0. The molecule has 0 aliphatic heterocycles. The lowest BCUT2D eigenvalue weighted by molar-refractivity contribution is -0.136. The maximum Gasteiger partial charge on any atom is 0.245 e. The molecule has 0 aliphatic carbocycles. The number of amides is 5. The van der Waals surface area contributed by atoms with Gasteiger partial charge in [-0.3, -0.25) is 28.8 Å². The molecule has 246 valence electrons. The highest BCUT2D eigenvalue weighted by atomic mass is 16.3. The maximum absolute atomic E-state index is 13.4. The third-order valence-electron chi connectivity index (χ3n) is 7.82. The normalized spacial score (nSPS) is 15.8. The number of Topliss-reactive ketones (excluding diaryl/α,β-unsaturated/α-hetero) is 1. The number of hydrogen-bond donors (Lipinski definition) is 7. The summed E-state index contributed by atoms with van der Waals surface area (Å²) < 4.78 is 0. The predicted octanol–water partition coefficient (Wildman–Crippen LogP) is -0.305. The SMILES string of the molecule is CC[C@H](C)[C@H](NC(=O)[C@@H](Cc1ccccc1)NC)C(=O)N[C@@H](CO)C(=O)N[C@H](CCC(N)=O)C(=O)N[C@@H](C(C)=O)[C@@H](C)CC. The van der Waals surface area contributed by atoms with E-state index in [2.05, 4.69) is 26.6 Å². The van der Waals surface area contributed by atoms with Crippen LogP contribution in [0.3, 0.4) is 0 Å². The van der Waals surface area contributed by atoms with Gasteiger partial charge in [-0.15, -0.1) is 0 Å². The van der Waals surface area contributed by atoms with Crippen LogP contribution in [0.2, 0.25) is 0 Å². The molecule has 0 radical (unpaired) electrons. The van der Waals surface area contributed by atoms with Gasteiger partial charge in [-0.05, 0) is 44.2 Å². The molecule has 0 spiro atoms. The zero-order chi connectivity index (χ0) is 33.4. The average Bonchev–Trinajstić information content (AvgIpc) is 3.00. The molecule has 5 amide bonds. The van der Waals surface area contributed by atoms with Gasteiger partial charge in [-0.25, -0.2) is 0 Å². The van der Waals surface area contributed by atoms with Crippen LogP contribution in [0.1, 0.15) is 65.9 Å². The Morgan fingerprint density at radius 3 is 1.75 bits per heavy atom. The van der Waals surface area contributed by atoms with Gasteiger partial charge in [0.15, 0.2) is 5.78 Å². The highest BCUT2D eigenvalue weighted by Crippen LogP contribution is 2.12. The first-order valence-electron chi connectivity index (χ1n) is 15.1. The fraction of sp³-hybridized carbons (Fsp3) is 0.613. The first kappa shape index (κ1) is 38.2. The minimum absolute atomic E-state index is 0.164. The number of ketones is 1. The summed E-state index contributed by atoms with van der Waals surface area (Å²) in [5, 5.41) is 23.3. The molecule has 0 saturated heterocycles. The summed E-state index contributed by atoms with van der Waals surface area (Å²) in [5.41, 5.74) is 6.19. The lowest BCUT2D eigenvalue weighted by Crippen LogP contribution is -2.60. The second-order valence-corrected chi connectivity index (χ2v) is 11.2. The fourth-order valence-corrected chi connectivity index (χ4v) is 4.55. The number of nitrogens with one attached hydrogen (secondary N) is 5. The highest BCUT2D eigenvalue weighted by Gasteiger charge is 2.33. The van der Waals surface area contributed by atoms with Crippen LogP contribution in [0.5, 0.6) is 0 Å². The Labute approximate surface area is 259 Å². The van der Waals surface area contributed by atoms with Gasteiger partial charge in [0.25, 0.3) is 0 Å². The number of rotatable bonds is 20. The van der Waals surface area contributed by atoms with Gasteiger partial charge >= 0.3 is 0 Å². The molecule has 0 unspecified atom stereocenters. The van der Waals surface area contributed by atoms with E-state index < -0.39 is 66.4 Å². The summed E-state index contributed by atoms with van der Waals surface area (Å²) in [4.78, 5) is 76.4. The van der Waals surface area contributed by atoms with E-state index in [0.717, 1.165) is 5.56 Å². The van der Waals surface area contributed by atoms with Gasteiger partial charge in [0.1, 0.15) is 18.1 Å². The second kappa shape index (κ2) is 19.4. The number of carbonyl (C=O) groups excluding carboxylic acids is 6. The molecule has 1 aromatic rings. The molecule has 1 rings (SSSR count). The molecule has 7 atom stereocenters. The van der Waals surface area contributed by atoms with Crippen molar-refractivity contribution >= 4 is 35.3 Å². The van der Waals surface area contributed by atoms with E-state index in [9.17, 15) is 33.9 Å². The largest absolute Gasteiger partial charge is 0.394 e. The number of benzene rings is 1.